The molecule has 3 aromatic rings. The van der Waals surface area contributed by atoms with Gasteiger partial charge < -0.3 is 19.5 Å². The molecule has 0 aromatic heterocycles. The smallest absolute Gasteiger partial charge is 0.550 e. The number of aliphatic carboxylic acids is 1. The van der Waals surface area contributed by atoms with Crippen LogP contribution in [-0.4, -0.2) is 12.5 Å². The van der Waals surface area contributed by atoms with Crippen LogP contribution in [0.4, 0.5) is 5.69 Å². The summed E-state index contributed by atoms with van der Waals surface area (Å²) >= 11 is 0. The molecule has 1 aliphatic rings. The molecule has 5 heteroatoms. The topological polar surface area (TPSA) is 52.6 Å². The number of carbonyl (C=O) groups is 1. The van der Waals surface area contributed by atoms with Gasteiger partial charge in [-0.15, -0.1) is 0 Å². The second-order valence-electron chi connectivity index (χ2n) is 8.54. The Labute approximate surface area is 245 Å². The summed E-state index contributed by atoms with van der Waals surface area (Å²) in [5.74, 6) is -0.472. The van der Waals surface area contributed by atoms with E-state index in [0.29, 0.717) is 6.61 Å². The van der Waals surface area contributed by atoms with E-state index in [1.54, 1.807) is 0 Å². The number of benzene rings is 3. The zero-order valence-electron chi connectivity index (χ0n) is 20.1. The molecule has 0 spiro atoms. The van der Waals surface area contributed by atoms with Crippen molar-refractivity contribution in [1.82, 2.24) is 0 Å². The number of aryl methyl sites for hydroxylation is 1. The van der Waals surface area contributed by atoms with E-state index in [9.17, 15) is 9.90 Å². The number of rotatable bonds is 9. The predicted octanol–water partition coefficient (Wildman–Crippen LogP) is 2.02. The Kier molecular flexibility index (Phi) is 10.4. The summed E-state index contributed by atoms with van der Waals surface area (Å²) in [7, 11) is 0. The third kappa shape index (κ3) is 7.30. The molecule has 1 aliphatic heterocycles. The summed E-state index contributed by atoms with van der Waals surface area (Å²) in [6.45, 7) is 4.38. The van der Waals surface area contributed by atoms with Gasteiger partial charge in [0.1, 0.15) is 12.4 Å². The molecule has 0 N–H and O–H groups in total. The van der Waals surface area contributed by atoms with Gasteiger partial charge in [-0.05, 0) is 66.6 Å². The van der Waals surface area contributed by atoms with E-state index in [1.807, 2.05) is 43.3 Å². The van der Waals surface area contributed by atoms with Crippen molar-refractivity contribution in [3.05, 3.63) is 107 Å². The first-order valence-corrected chi connectivity index (χ1v) is 11.6. The summed E-state index contributed by atoms with van der Waals surface area (Å²) in [6.07, 6.45) is 6.09. The maximum absolute atomic E-state index is 11.0. The molecule has 0 unspecified atom stereocenters. The summed E-state index contributed by atoms with van der Waals surface area (Å²) in [5.41, 5.74) is 6.15. The van der Waals surface area contributed by atoms with Crippen molar-refractivity contribution in [1.29, 1.82) is 0 Å². The van der Waals surface area contributed by atoms with Crippen molar-refractivity contribution < 1.29 is 66.0 Å². The average molecular weight is 480 g/mol. The maximum atomic E-state index is 11.0. The fourth-order valence-electron chi connectivity index (χ4n) is 4.42. The second-order valence-corrected chi connectivity index (χ2v) is 8.54. The third-order valence-electron chi connectivity index (χ3n) is 6.13. The van der Waals surface area contributed by atoms with Crippen LogP contribution in [0.2, 0.25) is 0 Å². The Bertz CT molecular complexity index is 1090. The largest absolute Gasteiger partial charge is 1.00 e. The fourth-order valence-corrected chi connectivity index (χ4v) is 4.42. The van der Waals surface area contributed by atoms with Gasteiger partial charge in [0, 0.05) is 30.7 Å². The van der Waals surface area contributed by atoms with Gasteiger partial charge in [-0.2, -0.15) is 0 Å². The number of carbonyl (C=O) groups excluding carboxylic acids is 1. The number of para-hydroxylation sites is 1. The number of hydrogen-bond acceptors (Lipinski definition) is 4. The Balaban J connectivity index is 0.00000324. The Morgan fingerprint density at radius 1 is 1.03 bits per heavy atom. The number of hydrogen-bond donors (Lipinski definition) is 0. The molecule has 1 heterocycles. The van der Waals surface area contributed by atoms with Crippen molar-refractivity contribution >= 4 is 11.7 Å². The first kappa shape index (κ1) is 26.7. The minimum atomic E-state index is -1.05. The molecular weight excluding hydrogens is 449 g/mol. The number of carboxylic acids is 1. The molecule has 3 aromatic carbocycles. The zero-order chi connectivity index (χ0) is 23.0. The molecule has 4 nitrogen and oxygen atoms in total. The first-order valence-electron chi connectivity index (χ1n) is 11.6. The summed E-state index contributed by atoms with van der Waals surface area (Å²) in [5, 5.41) is 11.0. The number of anilines is 1. The van der Waals surface area contributed by atoms with Crippen LogP contribution in [0, 0.1) is 0 Å². The van der Waals surface area contributed by atoms with Crippen LogP contribution in [0.5, 0.6) is 5.75 Å². The van der Waals surface area contributed by atoms with Crippen LogP contribution >= 0.6 is 0 Å². The van der Waals surface area contributed by atoms with Gasteiger partial charge in [0.25, 0.3) is 0 Å². The van der Waals surface area contributed by atoms with Gasteiger partial charge in [-0.1, -0.05) is 66.7 Å². The molecule has 0 aliphatic carbocycles. The van der Waals surface area contributed by atoms with Crippen molar-refractivity contribution in [3.63, 3.8) is 0 Å². The quantitative estimate of drug-likeness (QED) is 0.348. The van der Waals surface area contributed by atoms with Crippen LogP contribution in [0.1, 0.15) is 47.9 Å². The van der Waals surface area contributed by atoms with Crippen LogP contribution in [0.15, 0.2) is 84.9 Å². The fraction of sp³-hybridized carbons (Fsp3) is 0.276. The molecule has 170 valence electrons. The number of nitrogens with zero attached hydrogens (tertiary/aromatic N) is 1. The van der Waals surface area contributed by atoms with E-state index < -0.39 is 5.97 Å². The molecular formula is C29H30KNO3. The molecule has 1 atom stereocenters. The van der Waals surface area contributed by atoms with Gasteiger partial charge in [-0.25, -0.2) is 0 Å². The van der Waals surface area contributed by atoms with E-state index in [0.717, 1.165) is 36.4 Å². The Morgan fingerprint density at radius 2 is 1.74 bits per heavy atom. The molecule has 4 rings (SSSR count). The summed E-state index contributed by atoms with van der Waals surface area (Å²) < 4.78 is 5.95. The summed E-state index contributed by atoms with van der Waals surface area (Å²) in [4.78, 5) is 13.5. The van der Waals surface area contributed by atoms with Crippen molar-refractivity contribution in [2.45, 2.75) is 45.3 Å². The van der Waals surface area contributed by atoms with Crippen molar-refractivity contribution in [2.24, 2.45) is 0 Å². The molecule has 0 amide bonds. The minimum Gasteiger partial charge on any atom is -0.550 e. The third-order valence-corrected chi connectivity index (χ3v) is 6.13. The Morgan fingerprint density at radius 3 is 2.44 bits per heavy atom. The van der Waals surface area contributed by atoms with Gasteiger partial charge >= 0.3 is 51.4 Å². The van der Waals surface area contributed by atoms with E-state index >= 15 is 0 Å². The monoisotopic (exact) mass is 479 g/mol. The molecule has 0 radical (unpaired) electrons. The maximum Gasteiger partial charge on any atom is 1.00 e. The molecule has 0 fully saturated rings. The van der Waals surface area contributed by atoms with Crippen molar-refractivity contribution in [2.75, 3.05) is 11.4 Å². The zero-order valence-corrected chi connectivity index (χ0v) is 23.2. The van der Waals surface area contributed by atoms with Crippen LogP contribution in [0.3, 0.4) is 0 Å². The van der Waals surface area contributed by atoms with Crippen molar-refractivity contribution in [3.8, 4) is 5.75 Å². The van der Waals surface area contributed by atoms with Gasteiger partial charge in [0.05, 0.1) is 0 Å². The van der Waals surface area contributed by atoms with E-state index in [4.69, 9.17) is 4.74 Å². The number of ether oxygens (including phenoxy) is 1. The molecule has 34 heavy (non-hydrogen) atoms. The molecule has 0 saturated heterocycles. The molecule has 0 saturated carbocycles. The standard InChI is InChI=1S/C29H31NO3.K/c1-2-6-26(19-29(31)32)24-14-16-27(17-15-24)33-21-23-12-10-22(11-13-23)20-30-18-5-8-25-7-3-4-9-28(25)30;/h2-4,6-7,9-17,26H,5,8,18-21H2,1H3,(H,31,32);/q;+1/p-1/t26-;/m1./s1. The minimum absolute atomic E-state index is 0. The SMILES string of the molecule is CC=C[C@H](CC(=O)[O-])c1ccc(OCc2ccc(CN3CCCc4ccccc43)cc2)cc1.[K+]. The van der Waals surface area contributed by atoms with E-state index in [2.05, 4.69) is 53.4 Å². The van der Waals surface area contributed by atoms with Gasteiger partial charge in [0.15, 0.2) is 0 Å². The molecule has 0 bridgehead atoms. The van der Waals surface area contributed by atoms with Crippen LogP contribution in [0.25, 0.3) is 0 Å². The van der Waals surface area contributed by atoms with Crippen LogP contribution < -0.4 is 66.1 Å². The predicted molar refractivity (Wildman–Crippen MR) is 130 cm³/mol. The van der Waals surface area contributed by atoms with Crippen LogP contribution in [-0.2, 0) is 24.4 Å². The second kappa shape index (κ2) is 13.3. The van der Waals surface area contributed by atoms with E-state index in [-0.39, 0.29) is 63.7 Å². The number of carboxylic acid groups (broad SMARTS) is 1. The number of allylic oxidation sites excluding steroid dienone is 2. The van der Waals surface area contributed by atoms with E-state index in [1.165, 1.54) is 23.2 Å². The first-order chi connectivity index (χ1) is 16.1. The normalized spacial score (nSPS) is 13.7. The van der Waals surface area contributed by atoms with Gasteiger partial charge in [0.2, 0.25) is 0 Å². The summed E-state index contributed by atoms with van der Waals surface area (Å²) in [6, 6.07) is 24.9. The Hall–Kier alpha value is -1.89. The average Bonchev–Trinajstić information content (AvgIpc) is 2.84. The van der Waals surface area contributed by atoms with Gasteiger partial charge in [-0.3, -0.25) is 0 Å². The number of fused-ring (bicyclic) bond motifs is 1.